The van der Waals surface area contributed by atoms with Crippen molar-refractivity contribution in [2.24, 2.45) is 11.8 Å². The van der Waals surface area contributed by atoms with Crippen molar-refractivity contribution in [3.63, 3.8) is 0 Å². The SMILES string of the molecule is CC(CCCCCC(C)C(=O)O)C(=O)O. The van der Waals surface area contributed by atoms with Crippen LogP contribution in [0.2, 0.25) is 0 Å². The minimum Gasteiger partial charge on any atom is -0.481 e. The van der Waals surface area contributed by atoms with Gasteiger partial charge in [-0.2, -0.15) is 0 Å². The van der Waals surface area contributed by atoms with E-state index in [0.29, 0.717) is 12.8 Å². The molecule has 0 radical (unpaired) electrons. The van der Waals surface area contributed by atoms with Crippen molar-refractivity contribution in [3.05, 3.63) is 0 Å². The number of unbranched alkanes of at least 4 members (excludes halogenated alkanes) is 2. The second-order valence-corrected chi connectivity index (χ2v) is 4.12. The highest BCUT2D eigenvalue weighted by Gasteiger charge is 2.11. The van der Waals surface area contributed by atoms with Gasteiger partial charge in [0.1, 0.15) is 0 Å². The van der Waals surface area contributed by atoms with Crippen LogP contribution in [0, 0.1) is 11.8 Å². The van der Waals surface area contributed by atoms with Gasteiger partial charge in [-0.15, -0.1) is 0 Å². The van der Waals surface area contributed by atoms with E-state index in [1.54, 1.807) is 13.8 Å². The van der Waals surface area contributed by atoms with Crippen LogP contribution in [0.4, 0.5) is 0 Å². The summed E-state index contributed by atoms with van der Waals surface area (Å²) in [6.45, 7) is 3.39. The summed E-state index contributed by atoms with van der Waals surface area (Å²) in [5.74, 6) is -2.09. The summed E-state index contributed by atoms with van der Waals surface area (Å²) in [6, 6.07) is 0. The number of carboxylic acids is 2. The van der Waals surface area contributed by atoms with Crippen LogP contribution in [0.25, 0.3) is 0 Å². The standard InChI is InChI=1S/C11H20O4/c1-8(10(12)13)6-4-3-5-7-9(2)11(14)15/h8-9H,3-7H2,1-2H3,(H,12,13)(H,14,15). The molecule has 0 spiro atoms. The van der Waals surface area contributed by atoms with Crippen LogP contribution >= 0.6 is 0 Å². The second kappa shape index (κ2) is 7.26. The first-order chi connectivity index (χ1) is 6.95. The summed E-state index contributed by atoms with van der Waals surface area (Å²) in [5.41, 5.74) is 0. The Bertz CT molecular complexity index is 191. The Morgan fingerprint density at radius 2 is 1.20 bits per heavy atom. The molecule has 4 nitrogen and oxygen atoms in total. The molecule has 0 amide bonds. The third-order valence-electron chi connectivity index (χ3n) is 2.62. The third kappa shape index (κ3) is 6.94. The Hall–Kier alpha value is -1.06. The number of hydrogen-bond donors (Lipinski definition) is 2. The van der Waals surface area contributed by atoms with Crippen molar-refractivity contribution in [1.82, 2.24) is 0 Å². The van der Waals surface area contributed by atoms with E-state index in [1.807, 2.05) is 0 Å². The predicted octanol–water partition coefficient (Wildman–Crippen LogP) is 2.38. The van der Waals surface area contributed by atoms with Crippen LogP contribution in [0.5, 0.6) is 0 Å². The van der Waals surface area contributed by atoms with Gasteiger partial charge >= 0.3 is 11.9 Å². The van der Waals surface area contributed by atoms with Gasteiger partial charge in [-0.1, -0.05) is 33.1 Å². The maximum Gasteiger partial charge on any atom is 0.306 e. The summed E-state index contributed by atoms with van der Waals surface area (Å²) < 4.78 is 0. The molecule has 0 saturated carbocycles. The van der Waals surface area contributed by atoms with Crippen LogP contribution in [-0.2, 0) is 9.59 Å². The van der Waals surface area contributed by atoms with Crippen molar-refractivity contribution < 1.29 is 19.8 Å². The van der Waals surface area contributed by atoms with Crippen LogP contribution < -0.4 is 0 Å². The molecule has 2 N–H and O–H groups in total. The van der Waals surface area contributed by atoms with Crippen LogP contribution in [0.1, 0.15) is 46.0 Å². The zero-order valence-corrected chi connectivity index (χ0v) is 9.40. The number of rotatable bonds is 8. The molecule has 0 aromatic carbocycles. The monoisotopic (exact) mass is 216 g/mol. The molecule has 0 aliphatic carbocycles. The second-order valence-electron chi connectivity index (χ2n) is 4.12. The van der Waals surface area contributed by atoms with Crippen molar-refractivity contribution in [2.45, 2.75) is 46.0 Å². The van der Waals surface area contributed by atoms with Gasteiger partial charge in [0, 0.05) is 0 Å². The lowest BCUT2D eigenvalue weighted by Crippen LogP contribution is -2.10. The molecule has 4 heteroatoms. The van der Waals surface area contributed by atoms with Crippen molar-refractivity contribution in [2.75, 3.05) is 0 Å². The Morgan fingerprint density at radius 1 is 0.867 bits per heavy atom. The fraction of sp³-hybridized carbons (Fsp3) is 0.818. The molecule has 0 aromatic rings. The Kier molecular flexibility index (Phi) is 6.75. The topological polar surface area (TPSA) is 74.6 Å². The average molecular weight is 216 g/mol. The zero-order chi connectivity index (χ0) is 11.8. The van der Waals surface area contributed by atoms with Gasteiger partial charge in [0.2, 0.25) is 0 Å². The molecule has 0 aromatic heterocycles. The quantitative estimate of drug-likeness (QED) is 0.611. The van der Waals surface area contributed by atoms with Crippen molar-refractivity contribution >= 4 is 11.9 Å². The average Bonchev–Trinajstić information content (AvgIpc) is 2.16. The summed E-state index contributed by atoms with van der Waals surface area (Å²) in [4.78, 5) is 21.0. The van der Waals surface area contributed by atoms with Crippen molar-refractivity contribution in [3.8, 4) is 0 Å². The summed E-state index contributed by atoms with van der Waals surface area (Å²) in [7, 11) is 0. The molecule has 0 saturated heterocycles. The van der Waals surface area contributed by atoms with Gasteiger partial charge in [0.15, 0.2) is 0 Å². The van der Waals surface area contributed by atoms with Crippen LogP contribution in [-0.4, -0.2) is 22.2 Å². The molecule has 0 fully saturated rings. The number of carbonyl (C=O) groups is 2. The van der Waals surface area contributed by atoms with E-state index in [-0.39, 0.29) is 11.8 Å². The predicted molar refractivity (Wildman–Crippen MR) is 56.7 cm³/mol. The van der Waals surface area contributed by atoms with E-state index in [0.717, 1.165) is 19.3 Å². The zero-order valence-electron chi connectivity index (χ0n) is 9.40. The minimum absolute atomic E-state index is 0.290. The molecule has 0 aliphatic heterocycles. The number of aliphatic carboxylic acids is 2. The van der Waals surface area contributed by atoms with Gasteiger partial charge in [-0.25, -0.2) is 0 Å². The molecule has 0 rings (SSSR count). The molecular weight excluding hydrogens is 196 g/mol. The summed E-state index contributed by atoms with van der Waals surface area (Å²) in [6.07, 6.45) is 3.99. The fourth-order valence-electron chi connectivity index (χ4n) is 1.32. The normalized spacial score (nSPS) is 14.5. The lowest BCUT2D eigenvalue weighted by atomic mass is 9.99. The van der Waals surface area contributed by atoms with Gasteiger partial charge in [0.25, 0.3) is 0 Å². The minimum atomic E-state index is -0.756. The lowest BCUT2D eigenvalue weighted by molar-refractivity contribution is -0.142. The first-order valence-electron chi connectivity index (χ1n) is 5.40. The van der Waals surface area contributed by atoms with Crippen molar-refractivity contribution in [1.29, 1.82) is 0 Å². The summed E-state index contributed by atoms with van der Waals surface area (Å²) >= 11 is 0. The lowest BCUT2D eigenvalue weighted by Gasteiger charge is -2.07. The molecule has 15 heavy (non-hydrogen) atoms. The Balaban J connectivity index is 3.40. The van der Waals surface area contributed by atoms with E-state index in [1.165, 1.54) is 0 Å². The molecule has 88 valence electrons. The molecule has 2 atom stereocenters. The van der Waals surface area contributed by atoms with E-state index >= 15 is 0 Å². The Labute approximate surface area is 90.3 Å². The van der Waals surface area contributed by atoms with Gasteiger partial charge < -0.3 is 10.2 Å². The smallest absolute Gasteiger partial charge is 0.306 e. The Morgan fingerprint density at radius 3 is 1.47 bits per heavy atom. The third-order valence-corrected chi connectivity index (χ3v) is 2.62. The van der Waals surface area contributed by atoms with Gasteiger partial charge in [-0.3, -0.25) is 9.59 Å². The van der Waals surface area contributed by atoms with Gasteiger partial charge in [0.05, 0.1) is 11.8 Å². The molecule has 0 bridgehead atoms. The maximum absolute atomic E-state index is 10.5. The highest BCUT2D eigenvalue weighted by atomic mass is 16.4. The van der Waals surface area contributed by atoms with E-state index in [9.17, 15) is 9.59 Å². The number of carboxylic acid groups (broad SMARTS) is 2. The summed E-state index contributed by atoms with van der Waals surface area (Å²) in [5, 5.41) is 17.2. The van der Waals surface area contributed by atoms with E-state index < -0.39 is 11.9 Å². The number of hydrogen-bond acceptors (Lipinski definition) is 2. The first-order valence-corrected chi connectivity index (χ1v) is 5.40. The maximum atomic E-state index is 10.5. The highest BCUT2D eigenvalue weighted by molar-refractivity contribution is 5.69. The largest absolute Gasteiger partial charge is 0.481 e. The fourth-order valence-corrected chi connectivity index (χ4v) is 1.32. The van der Waals surface area contributed by atoms with E-state index in [4.69, 9.17) is 10.2 Å². The van der Waals surface area contributed by atoms with E-state index in [2.05, 4.69) is 0 Å². The molecule has 0 heterocycles. The molecular formula is C11H20O4. The van der Waals surface area contributed by atoms with Crippen LogP contribution in [0.3, 0.4) is 0 Å². The molecule has 2 unspecified atom stereocenters. The highest BCUT2D eigenvalue weighted by Crippen LogP contribution is 2.13. The van der Waals surface area contributed by atoms with Gasteiger partial charge in [-0.05, 0) is 12.8 Å². The first kappa shape index (κ1) is 13.9. The molecule has 0 aliphatic rings. The van der Waals surface area contributed by atoms with Crippen LogP contribution in [0.15, 0.2) is 0 Å².